The van der Waals surface area contributed by atoms with E-state index < -0.39 is 29.1 Å². The van der Waals surface area contributed by atoms with Gasteiger partial charge in [0.2, 0.25) is 5.91 Å². The highest BCUT2D eigenvalue weighted by Gasteiger charge is 2.39. The zero-order valence-electron chi connectivity index (χ0n) is 22.4. The van der Waals surface area contributed by atoms with Crippen molar-refractivity contribution in [3.8, 4) is 6.07 Å². The third-order valence-corrected chi connectivity index (χ3v) is 7.89. The fourth-order valence-corrected chi connectivity index (χ4v) is 5.34. The Labute approximate surface area is 227 Å². The molecule has 0 aromatic heterocycles. The summed E-state index contributed by atoms with van der Waals surface area (Å²) in [6.45, 7) is 6.12. The minimum absolute atomic E-state index is 0.179. The second kappa shape index (κ2) is 12.3. The van der Waals surface area contributed by atoms with Crippen LogP contribution in [0.2, 0.25) is 0 Å². The molecule has 1 aliphatic carbocycles. The van der Waals surface area contributed by atoms with E-state index in [0.29, 0.717) is 24.0 Å². The van der Waals surface area contributed by atoms with Gasteiger partial charge in [-0.1, -0.05) is 25.7 Å². The zero-order valence-corrected chi connectivity index (χ0v) is 22.4. The Bertz CT molecular complexity index is 1180. The topological polar surface area (TPSA) is 84.7 Å². The van der Waals surface area contributed by atoms with E-state index in [1.54, 1.807) is 0 Å². The first-order valence-corrected chi connectivity index (χ1v) is 13.8. The molecule has 0 unspecified atom stereocenters. The summed E-state index contributed by atoms with van der Waals surface area (Å²) in [7, 11) is 0. The lowest BCUT2D eigenvalue weighted by Gasteiger charge is -2.34. The third kappa shape index (κ3) is 6.88. The highest BCUT2D eigenvalue weighted by atomic mass is 19.4. The molecule has 0 atom stereocenters. The lowest BCUT2D eigenvalue weighted by molar-refractivity contribution is -0.138. The van der Waals surface area contributed by atoms with Crippen molar-refractivity contribution in [2.24, 2.45) is 5.92 Å². The number of alkyl halides is 3. The summed E-state index contributed by atoms with van der Waals surface area (Å²) in [4.78, 5) is 43.1. The number of unbranched alkanes of at least 4 members (excludes halogenated alkanes) is 5. The van der Waals surface area contributed by atoms with Crippen LogP contribution in [0.1, 0.15) is 75.8 Å². The van der Waals surface area contributed by atoms with E-state index >= 15 is 0 Å². The van der Waals surface area contributed by atoms with E-state index in [1.807, 2.05) is 4.90 Å². The van der Waals surface area contributed by atoms with Crippen LogP contribution in [0.5, 0.6) is 0 Å². The minimum Gasteiger partial charge on any atom is -0.340 e. The van der Waals surface area contributed by atoms with Gasteiger partial charge in [0.15, 0.2) is 0 Å². The number of hydrogen-bond donors (Lipinski definition) is 0. The third-order valence-electron chi connectivity index (χ3n) is 7.89. The normalized spacial score (nSPS) is 18.7. The minimum atomic E-state index is -4.77. The number of carbonyl (C=O) groups is 3. The Morgan fingerprint density at radius 1 is 0.974 bits per heavy atom. The first kappa shape index (κ1) is 28.8. The van der Waals surface area contributed by atoms with E-state index in [2.05, 4.69) is 4.90 Å². The van der Waals surface area contributed by atoms with E-state index in [1.165, 1.54) is 19.1 Å². The number of rotatable bonds is 11. The average molecular weight is 545 g/mol. The second-order valence-corrected chi connectivity index (χ2v) is 10.7. The van der Waals surface area contributed by atoms with Gasteiger partial charge < -0.3 is 4.90 Å². The van der Waals surface area contributed by atoms with Crippen molar-refractivity contribution in [1.82, 2.24) is 9.80 Å². The number of nitrogens with zero attached hydrogens (tertiary/aromatic N) is 4. The molecule has 0 radical (unpaired) electrons. The van der Waals surface area contributed by atoms with Gasteiger partial charge in [-0.3, -0.25) is 19.3 Å². The van der Waals surface area contributed by atoms with E-state index in [9.17, 15) is 27.6 Å². The van der Waals surface area contributed by atoms with E-state index in [0.717, 1.165) is 95.1 Å². The molecule has 1 saturated carbocycles. The summed E-state index contributed by atoms with van der Waals surface area (Å²) < 4.78 is 40.1. The zero-order chi connectivity index (χ0) is 28.2. The van der Waals surface area contributed by atoms with Gasteiger partial charge in [-0.05, 0) is 63.8 Å². The van der Waals surface area contributed by atoms with Gasteiger partial charge in [0.1, 0.15) is 0 Å². The number of hydrogen-bond acceptors (Lipinski definition) is 5. The van der Waals surface area contributed by atoms with Crippen LogP contribution >= 0.6 is 0 Å². The summed E-state index contributed by atoms with van der Waals surface area (Å²) in [5.74, 6) is -0.585. The number of amides is 3. The maximum Gasteiger partial charge on any atom is 0.417 e. The molecule has 39 heavy (non-hydrogen) atoms. The molecule has 1 aromatic rings. The van der Waals surface area contributed by atoms with Crippen molar-refractivity contribution in [3.05, 3.63) is 40.5 Å². The molecular formula is C29H35F3N4O3. The van der Waals surface area contributed by atoms with Crippen LogP contribution in [0.15, 0.2) is 29.3 Å². The molecule has 0 spiro atoms. The van der Waals surface area contributed by atoms with Crippen LogP contribution in [0.4, 0.5) is 18.9 Å². The largest absolute Gasteiger partial charge is 0.417 e. The van der Waals surface area contributed by atoms with Gasteiger partial charge in [0, 0.05) is 43.2 Å². The number of carbonyl (C=O) groups excluding carboxylic acids is 3. The predicted molar refractivity (Wildman–Crippen MR) is 139 cm³/mol. The lowest BCUT2D eigenvalue weighted by atomic mass is 10.0. The smallest absolute Gasteiger partial charge is 0.340 e. The number of nitriles is 1. The first-order chi connectivity index (χ1) is 18.6. The molecule has 7 nitrogen and oxygen atoms in total. The fraction of sp³-hybridized carbons (Fsp3) is 0.586. The molecule has 4 rings (SSSR count). The van der Waals surface area contributed by atoms with Gasteiger partial charge in [-0.25, -0.2) is 4.90 Å². The quantitative estimate of drug-likeness (QED) is 0.288. The Morgan fingerprint density at radius 3 is 2.23 bits per heavy atom. The van der Waals surface area contributed by atoms with Crippen LogP contribution in [0, 0.1) is 17.2 Å². The molecule has 2 aliphatic heterocycles. The van der Waals surface area contributed by atoms with Gasteiger partial charge in [-0.2, -0.15) is 18.4 Å². The number of piperazine rings is 1. The highest BCUT2D eigenvalue weighted by molar-refractivity contribution is 6.32. The monoisotopic (exact) mass is 544 g/mol. The molecule has 1 aromatic carbocycles. The van der Waals surface area contributed by atoms with Crippen LogP contribution in [0.25, 0.3) is 0 Å². The van der Waals surface area contributed by atoms with Crippen LogP contribution in [0.3, 0.4) is 0 Å². The molecule has 1 saturated heterocycles. The molecule has 2 heterocycles. The van der Waals surface area contributed by atoms with Gasteiger partial charge in [-0.15, -0.1) is 0 Å². The van der Waals surface area contributed by atoms with Crippen molar-refractivity contribution in [3.63, 3.8) is 0 Å². The molecule has 0 bridgehead atoms. The van der Waals surface area contributed by atoms with Crippen LogP contribution < -0.4 is 4.90 Å². The van der Waals surface area contributed by atoms with Gasteiger partial charge >= 0.3 is 6.18 Å². The molecule has 2 fully saturated rings. The van der Waals surface area contributed by atoms with E-state index in [-0.39, 0.29) is 17.2 Å². The maximum atomic E-state index is 13.4. The van der Waals surface area contributed by atoms with Crippen molar-refractivity contribution in [2.75, 3.05) is 37.6 Å². The number of halogens is 3. The summed E-state index contributed by atoms with van der Waals surface area (Å²) in [6.07, 6.45) is 3.63. The van der Waals surface area contributed by atoms with Crippen molar-refractivity contribution < 1.29 is 27.6 Å². The van der Waals surface area contributed by atoms with Crippen LogP contribution in [-0.4, -0.2) is 60.2 Å². The Kier molecular flexibility index (Phi) is 9.11. The average Bonchev–Trinajstić information content (AvgIpc) is 3.74. The summed E-state index contributed by atoms with van der Waals surface area (Å²) >= 11 is 0. The predicted octanol–water partition coefficient (Wildman–Crippen LogP) is 5.05. The number of imide groups is 1. The van der Waals surface area contributed by atoms with Crippen LogP contribution in [-0.2, 0) is 20.6 Å². The van der Waals surface area contributed by atoms with Crippen molar-refractivity contribution >= 4 is 23.4 Å². The van der Waals surface area contributed by atoms with Crippen molar-refractivity contribution in [1.29, 1.82) is 5.26 Å². The highest BCUT2D eigenvalue weighted by Crippen LogP contribution is 2.37. The molecule has 210 valence electrons. The van der Waals surface area contributed by atoms with E-state index in [4.69, 9.17) is 5.26 Å². The Morgan fingerprint density at radius 2 is 1.62 bits per heavy atom. The molecule has 3 amide bonds. The molecule has 0 N–H and O–H groups in total. The van der Waals surface area contributed by atoms with Gasteiger partial charge in [0.25, 0.3) is 11.8 Å². The molecule has 10 heteroatoms. The maximum absolute atomic E-state index is 13.4. The lowest BCUT2D eigenvalue weighted by Crippen LogP contribution is -2.49. The summed E-state index contributed by atoms with van der Waals surface area (Å²) in [5, 5.41) is 9.00. The molecule has 3 aliphatic rings. The number of benzene rings is 1. The molecular weight excluding hydrogens is 509 g/mol. The number of anilines is 1. The van der Waals surface area contributed by atoms with Crippen molar-refractivity contribution in [2.45, 2.75) is 70.9 Å². The summed E-state index contributed by atoms with van der Waals surface area (Å²) in [5.41, 5.74) is -1.30. The second-order valence-electron chi connectivity index (χ2n) is 10.7. The Hall–Kier alpha value is -3.19. The SMILES string of the molecule is CC1=C(CCCCCCCCN2CCN(C(=O)C3CC3)CC2)C(=O)N(c2ccc(C#N)c(C(F)(F)F)c2)C1=O. The first-order valence-electron chi connectivity index (χ1n) is 13.8. The standard InChI is InChI=1S/C29H35F3N4O3/c1-20-24(28(39)36(26(20)37)23-12-11-22(19-33)25(18-23)29(30,31)32)8-6-4-2-3-5-7-13-34-14-16-35(17-15-34)27(38)21-9-10-21/h11-12,18,21H,2-10,13-17H2,1H3. The Balaban J connectivity index is 1.15. The summed E-state index contributed by atoms with van der Waals surface area (Å²) in [6, 6.07) is 4.39. The fourth-order valence-electron chi connectivity index (χ4n) is 5.34. The van der Waals surface area contributed by atoms with Gasteiger partial charge in [0.05, 0.1) is 22.9 Å².